The van der Waals surface area contributed by atoms with Crippen LogP contribution in [0.15, 0.2) is 42.0 Å². The molecule has 96 valence electrons. The molecule has 0 saturated carbocycles. The predicted molar refractivity (Wildman–Crippen MR) is 75.6 cm³/mol. The van der Waals surface area contributed by atoms with Gasteiger partial charge in [0, 0.05) is 6.42 Å². The van der Waals surface area contributed by atoms with Crippen molar-refractivity contribution in [1.29, 1.82) is 0 Å². The fraction of sp³-hybridized carbons (Fsp3) is 0.471. The van der Waals surface area contributed by atoms with Crippen LogP contribution >= 0.6 is 0 Å². The van der Waals surface area contributed by atoms with Crippen LogP contribution in [0.25, 0.3) is 0 Å². The molecule has 0 bridgehead atoms. The molecule has 1 heteroatoms. The molecule has 18 heavy (non-hydrogen) atoms. The van der Waals surface area contributed by atoms with Crippen molar-refractivity contribution >= 4 is 5.78 Å². The molecular formula is C17H22O. The number of carbonyl (C=O) groups excluding carboxylic acids is 1. The highest BCUT2D eigenvalue weighted by molar-refractivity contribution is 5.95. The second kappa shape index (κ2) is 7.15. The van der Waals surface area contributed by atoms with Gasteiger partial charge in [-0.05, 0) is 49.7 Å². The maximum Gasteiger partial charge on any atom is 0.158 e. The van der Waals surface area contributed by atoms with Crippen molar-refractivity contribution in [2.45, 2.75) is 51.4 Å². The van der Waals surface area contributed by atoms with E-state index in [0.29, 0.717) is 12.2 Å². The minimum Gasteiger partial charge on any atom is -0.295 e. The maximum absolute atomic E-state index is 12.1. The SMILES string of the molecule is O=C(CCCc1ccccc1)C1=CCCCCC1. The fourth-order valence-electron chi connectivity index (χ4n) is 2.53. The molecule has 0 heterocycles. The summed E-state index contributed by atoms with van der Waals surface area (Å²) < 4.78 is 0. The molecule has 0 amide bonds. The van der Waals surface area contributed by atoms with E-state index in [9.17, 15) is 4.79 Å². The Balaban J connectivity index is 1.76. The maximum atomic E-state index is 12.1. The van der Waals surface area contributed by atoms with Crippen LogP contribution in [-0.4, -0.2) is 5.78 Å². The number of benzene rings is 1. The largest absolute Gasteiger partial charge is 0.295 e. The number of carbonyl (C=O) groups is 1. The summed E-state index contributed by atoms with van der Waals surface area (Å²) in [5, 5.41) is 0. The Hall–Kier alpha value is -1.37. The highest BCUT2D eigenvalue weighted by Gasteiger charge is 2.10. The van der Waals surface area contributed by atoms with Gasteiger partial charge in [-0.2, -0.15) is 0 Å². The van der Waals surface area contributed by atoms with Gasteiger partial charge in [0.1, 0.15) is 0 Å². The molecule has 0 atom stereocenters. The van der Waals surface area contributed by atoms with E-state index >= 15 is 0 Å². The molecule has 0 aromatic heterocycles. The number of allylic oxidation sites excluding steroid dienone is 2. The van der Waals surface area contributed by atoms with E-state index < -0.39 is 0 Å². The Morgan fingerprint density at radius 2 is 1.89 bits per heavy atom. The van der Waals surface area contributed by atoms with Gasteiger partial charge in [-0.1, -0.05) is 42.8 Å². The summed E-state index contributed by atoms with van der Waals surface area (Å²) in [4.78, 5) is 12.1. The van der Waals surface area contributed by atoms with Crippen LogP contribution in [0.3, 0.4) is 0 Å². The third-order valence-electron chi connectivity index (χ3n) is 3.61. The normalized spacial score (nSPS) is 15.9. The van der Waals surface area contributed by atoms with Crippen molar-refractivity contribution in [3.05, 3.63) is 47.5 Å². The fourth-order valence-corrected chi connectivity index (χ4v) is 2.53. The van der Waals surface area contributed by atoms with E-state index in [1.54, 1.807) is 0 Å². The lowest BCUT2D eigenvalue weighted by Crippen LogP contribution is -2.03. The van der Waals surface area contributed by atoms with Gasteiger partial charge in [0.05, 0.1) is 0 Å². The molecule has 0 unspecified atom stereocenters. The molecule has 1 aromatic carbocycles. The molecule has 0 fully saturated rings. The Labute approximate surface area is 110 Å². The van der Waals surface area contributed by atoms with Crippen LogP contribution in [0.1, 0.15) is 50.5 Å². The molecule has 0 radical (unpaired) electrons. The minimum atomic E-state index is 0.382. The molecule has 0 N–H and O–H groups in total. The van der Waals surface area contributed by atoms with Crippen LogP contribution in [0, 0.1) is 0 Å². The first-order valence-electron chi connectivity index (χ1n) is 7.12. The van der Waals surface area contributed by atoms with Gasteiger partial charge in [-0.3, -0.25) is 4.79 Å². The van der Waals surface area contributed by atoms with Crippen molar-refractivity contribution in [2.24, 2.45) is 0 Å². The van der Waals surface area contributed by atoms with Crippen LogP contribution in [-0.2, 0) is 11.2 Å². The zero-order valence-electron chi connectivity index (χ0n) is 11.0. The number of hydrogen-bond acceptors (Lipinski definition) is 1. The van der Waals surface area contributed by atoms with Crippen molar-refractivity contribution < 1.29 is 4.79 Å². The van der Waals surface area contributed by atoms with Gasteiger partial charge >= 0.3 is 0 Å². The number of hydrogen-bond donors (Lipinski definition) is 0. The molecule has 0 aliphatic heterocycles. The van der Waals surface area contributed by atoms with Crippen LogP contribution in [0.5, 0.6) is 0 Å². The summed E-state index contributed by atoms with van der Waals surface area (Å²) in [6, 6.07) is 10.4. The monoisotopic (exact) mass is 242 g/mol. The Kier molecular flexibility index (Phi) is 5.19. The summed E-state index contributed by atoms with van der Waals surface area (Å²) in [7, 11) is 0. The summed E-state index contributed by atoms with van der Waals surface area (Å²) >= 11 is 0. The zero-order valence-corrected chi connectivity index (χ0v) is 11.0. The summed E-state index contributed by atoms with van der Waals surface area (Å²) in [5.41, 5.74) is 2.43. The highest BCUT2D eigenvalue weighted by atomic mass is 16.1. The highest BCUT2D eigenvalue weighted by Crippen LogP contribution is 2.19. The Morgan fingerprint density at radius 1 is 1.06 bits per heavy atom. The van der Waals surface area contributed by atoms with E-state index in [2.05, 4.69) is 30.3 Å². The number of aryl methyl sites for hydroxylation is 1. The smallest absolute Gasteiger partial charge is 0.158 e. The average Bonchev–Trinajstić information content (AvgIpc) is 2.69. The van der Waals surface area contributed by atoms with Crippen molar-refractivity contribution in [2.75, 3.05) is 0 Å². The standard InChI is InChI=1S/C17H22O/c18-17(16-12-6-1-2-7-13-16)14-8-11-15-9-4-3-5-10-15/h3-5,9-10,12H,1-2,6-8,11,13-14H2. The lowest BCUT2D eigenvalue weighted by atomic mass is 10.00. The summed E-state index contributed by atoms with van der Waals surface area (Å²) in [6.07, 6.45) is 10.7. The predicted octanol–water partition coefficient (Wildman–Crippen LogP) is 4.47. The van der Waals surface area contributed by atoms with Gasteiger partial charge < -0.3 is 0 Å². The Morgan fingerprint density at radius 3 is 2.72 bits per heavy atom. The van der Waals surface area contributed by atoms with Crippen LogP contribution in [0.4, 0.5) is 0 Å². The van der Waals surface area contributed by atoms with Crippen LogP contribution in [0.2, 0.25) is 0 Å². The second-order valence-electron chi connectivity index (χ2n) is 5.09. The number of ketones is 1. The van der Waals surface area contributed by atoms with E-state index in [0.717, 1.165) is 31.3 Å². The molecule has 2 rings (SSSR count). The first-order chi connectivity index (χ1) is 8.86. The van der Waals surface area contributed by atoms with Gasteiger partial charge in [0.2, 0.25) is 0 Å². The average molecular weight is 242 g/mol. The molecule has 0 spiro atoms. The van der Waals surface area contributed by atoms with Crippen molar-refractivity contribution in [3.63, 3.8) is 0 Å². The molecular weight excluding hydrogens is 220 g/mol. The Bertz CT molecular complexity index is 403. The lowest BCUT2D eigenvalue weighted by molar-refractivity contribution is -0.115. The number of rotatable bonds is 5. The molecule has 1 aromatic rings. The lowest BCUT2D eigenvalue weighted by Gasteiger charge is -2.04. The number of Topliss-reactive ketones (excluding diaryl/α,β-unsaturated/α-hetero) is 1. The topological polar surface area (TPSA) is 17.1 Å². The van der Waals surface area contributed by atoms with Gasteiger partial charge in [0.25, 0.3) is 0 Å². The van der Waals surface area contributed by atoms with Gasteiger partial charge in [-0.15, -0.1) is 0 Å². The third kappa shape index (κ3) is 4.14. The van der Waals surface area contributed by atoms with Crippen LogP contribution < -0.4 is 0 Å². The van der Waals surface area contributed by atoms with E-state index in [4.69, 9.17) is 0 Å². The molecule has 1 aliphatic carbocycles. The van der Waals surface area contributed by atoms with E-state index in [1.165, 1.54) is 24.8 Å². The van der Waals surface area contributed by atoms with E-state index in [-0.39, 0.29) is 0 Å². The second-order valence-corrected chi connectivity index (χ2v) is 5.09. The third-order valence-corrected chi connectivity index (χ3v) is 3.61. The van der Waals surface area contributed by atoms with Crippen molar-refractivity contribution in [3.8, 4) is 0 Å². The molecule has 1 aliphatic rings. The quantitative estimate of drug-likeness (QED) is 0.744. The van der Waals surface area contributed by atoms with Gasteiger partial charge in [0.15, 0.2) is 5.78 Å². The first kappa shape index (κ1) is 13.1. The van der Waals surface area contributed by atoms with Gasteiger partial charge in [-0.25, -0.2) is 0 Å². The summed E-state index contributed by atoms with van der Waals surface area (Å²) in [6.45, 7) is 0. The zero-order chi connectivity index (χ0) is 12.6. The van der Waals surface area contributed by atoms with E-state index in [1.807, 2.05) is 6.07 Å². The minimum absolute atomic E-state index is 0.382. The first-order valence-corrected chi connectivity index (χ1v) is 7.12. The molecule has 0 saturated heterocycles. The summed E-state index contributed by atoms with van der Waals surface area (Å²) in [5.74, 6) is 0.382. The molecule has 1 nitrogen and oxygen atoms in total. The van der Waals surface area contributed by atoms with Crippen molar-refractivity contribution in [1.82, 2.24) is 0 Å².